The van der Waals surface area contributed by atoms with Crippen LogP contribution in [0.4, 0.5) is 52.7 Å². The molecule has 0 nitrogen and oxygen atoms in total. The molecule has 126 valence electrons. The van der Waals surface area contributed by atoms with Crippen LogP contribution in [-0.4, -0.2) is 35.5 Å². The minimum atomic E-state index is -7.67. The summed E-state index contributed by atoms with van der Waals surface area (Å²) in [7, 11) is 0. The highest BCUT2D eigenvalue weighted by Gasteiger charge is 2.90. The predicted octanol–water partition coefficient (Wildman–Crippen LogP) is 4.06. The van der Waals surface area contributed by atoms with Gasteiger partial charge in [0.05, 0.1) is 0 Å². The molecule has 0 amide bonds. The molecule has 0 bridgehead atoms. The van der Waals surface area contributed by atoms with E-state index in [0.717, 1.165) is 0 Å². The van der Waals surface area contributed by atoms with Crippen LogP contribution in [0, 0.1) is 24.7 Å². The zero-order chi connectivity index (χ0) is 18.4. The zero-order valence-corrected chi connectivity index (χ0v) is 9.69. The van der Waals surface area contributed by atoms with E-state index in [9.17, 15) is 52.7 Å². The minimum Gasteiger partial charge on any atom is -0.192 e. The van der Waals surface area contributed by atoms with Crippen LogP contribution in [0.2, 0.25) is 0 Å². The molecule has 0 atom stereocenters. The van der Waals surface area contributed by atoms with E-state index in [1.165, 1.54) is 0 Å². The van der Waals surface area contributed by atoms with E-state index in [0.29, 0.717) is 0 Å². The fraction of sp³-hybridized carbons (Fsp3) is 0.600. The van der Waals surface area contributed by atoms with Crippen molar-refractivity contribution in [3.05, 3.63) is 0 Å². The summed E-state index contributed by atoms with van der Waals surface area (Å²) >= 11 is 0. The Morgan fingerprint density at radius 2 is 0.591 bits per heavy atom. The van der Waals surface area contributed by atoms with Gasteiger partial charge in [-0.2, -0.15) is 52.7 Å². The van der Waals surface area contributed by atoms with Gasteiger partial charge in [0, 0.05) is 0 Å². The van der Waals surface area contributed by atoms with Gasteiger partial charge in [0.25, 0.3) is 0 Å². The first-order chi connectivity index (χ1) is 9.37. The van der Waals surface area contributed by atoms with Crippen molar-refractivity contribution in [2.24, 2.45) is 0 Å². The quantitative estimate of drug-likeness (QED) is 0.518. The number of alkyl halides is 12. The standard InChI is InChI=1S/C10H2F12/c1-3-5(11,12)7(15,16)9(19,20)10(21,22)8(17,18)6(13,14)4-2/h1-2H. The van der Waals surface area contributed by atoms with Crippen molar-refractivity contribution in [2.75, 3.05) is 0 Å². The number of hydrogen-bond acceptors (Lipinski definition) is 0. The van der Waals surface area contributed by atoms with Crippen LogP contribution in [-0.2, 0) is 0 Å². The topological polar surface area (TPSA) is 0 Å². The number of hydrogen-bond donors (Lipinski definition) is 0. The van der Waals surface area contributed by atoms with Gasteiger partial charge in [-0.05, 0) is 11.8 Å². The van der Waals surface area contributed by atoms with Gasteiger partial charge in [-0.25, -0.2) is 0 Å². The molecule has 0 radical (unpaired) electrons. The third-order valence-corrected chi connectivity index (χ3v) is 2.33. The van der Waals surface area contributed by atoms with Gasteiger partial charge in [-0.3, -0.25) is 0 Å². The summed E-state index contributed by atoms with van der Waals surface area (Å²) in [5.74, 6) is -43.2. The largest absolute Gasteiger partial charge is 0.390 e. The molecule has 0 unspecified atom stereocenters. The summed E-state index contributed by atoms with van der Waals surface area (Å²) in [6.07, 6.45) is 7.45. The maximum Gasteiger partial charge on any atom is 0.390 e. The van der Waals surface area contributed by atoms with Gasteiger partial charge < -0.3 is 0 Å². The van der Waals surface area contributed by atoms with E-state index in [1.807, 2.05) is 0 Å². The zero-order valence-electron chi connectivity index (χ0n) is 9.69. The summed E-state index contributed by atoms with van der Waals surface area (Å²) < 4.78 is 152. The highest BCUT2D eigenvalue weighted by molar-refractivity contribution is 5.21. The van der Waals surface area contributed by atoms with Crippen molar-refractivity contribution in [1.29, 1.82) is 0 Å². The Morgan fingerprint density at radius 3 is 0.727 bits per heavy atom. The van der Waals surface area contributed by atoms with Crippen LogP contribution in [0.25, 0.3) is 0 Å². The second kappa shape index (κ2) is 4.89. The lowest BCUT2D eigenvalue weighted by atomic mass is 9.92. The molecule has 0 saturated carbocycles. The predicted molar refractivity (Wildman–Crippen MR) is 47.3 cm³/mol. The van der Waals surface area contributed by atoms with Crippen molar-refractivity contribution < 1.29 is 52.7 Å². The molecule has 0 rings (SSSR count). The molecule has 22 heavy (non-hydrogen) atoms. The summed E-state index contributed by atoms with van der Waals surface area (Å²) in [6.45, 7) is 0. The van der Waals surface area contributed by atoms with E-state index in [-0.39, 0.29) is 11.8 Å². The Morgan fingerprint density at radius 1 is 0.409 bits per heavy atom. The molecular weight excluding hydrogens is 348 g/mol. The van der Waals surface area contributed by atoms with Gasteiger partial charge in [-0.15, -0.1) is 12.8 Å². The van der Waals surface area contributed by atoms with Gasteiger partial charge in [0.2, 0.25) is 0 Å². The Hall–Kier alpha value is -1.72. The molecule has 0 saturated heterocycles. The smallest absolute Gasteiger partial charge is 0.192 e. The SMILES string of the molecule is C#CC(F)(F)C(F)(F)C(F)(F)C(F)(F)C(F)(F)C(F)(F)C#C. The normalized spacial score (nSPS) is 15.2. The van der Waals surface area contributed by atoms with Gasteiger partial charge >= 0.3 is 35.5 Å². The first-order valence-electron chi connectivity index (χ1n) is 4.60. The number of halogens is 12. The van der Waals surface area contributed by atoms with Crippen LogP contribution >= 0.6 is 0 Å². The lowest BCUT2D eigenvalue weighted by molar-refractivity contribution is -0.413. The van der Waals surface area contributed by atoms with E-state index < -0.39 is 35.5 Å². The average Bonchev–Trinajstić information content (AvgIpc) is 2.37. The van der Waals surface area contributed by atoms with Crippen LogP contribution in [0.5, 0.6) is 0 Å². The third-order valence-electron chi connectivity index (χ3n) is 2.33. The molecule has 0 fully saturated rings. The Labute approximate surface area is 114 Å². The Balaban J connectivity index is 6.34. The van der Waals surface area contributed by atoms with Gasteiger partial charge in [0.1, 0.15) is 0 Å². The minimum absolute atomic E-state index is 0.305. The lowest BCUT2D eigenvalue weighted by Gasteiger charge is -2.39. The summed E-state index contributed by atoms with van der Waals surface area (Å²) in [4.78, 5) is 0. The van der Waals surface area contributed by atoms with E-state index in [2.05, 4.69) is 12.8 Å². The molecule has 0 aromatic rings. The fourth-order valence-electron chi connectivity index (χ4n) is 0.970. The van der Waals surface area contributed by atoms with Gasteiger partial charge in [-0.1, -0.05) is 0 Å². The molecular formula is C10H2F12. The van der Waals surface area contributed by atoms with Crippen molar-refractivity contribution >= 4 is 0 Å². The second-order valence-corrected chi connectivity index (χ2v) is 3.74. The van der Waals surface area contributed by atoms with Crippen LogP contribution in [0.1, 0.15) is 0 Å². The van der Waals surface area contributed by atoms with E-state index in [1.54, 1.807) is 0 Å². The summed E-state index contributed by atoms with van der Waals surface area (Å²) in [5, 5.41) is 0. The van der Waals surface area contributed by atoms with Crippen molar-refractivity contribution in [3.63, 3.8) is 0 Å². The molecule has 0 aromatic carbocycles. The van der Waals surface area contributed by atoms with Crippen LogP contribution in [0.15, 0.2) is 0 Å². The molecule has 0 N–H and O–H groups in total. The number of terminal acetylenes is 2. The van der Waals surface area contributed by atoms with Crippen LogP contribution < -0.4 is 0 Å². The molecule has 0 spiro atoms. The molecule has 0 heterocycles. The second-order valence-electron chi connectivity index (χ2n) is 3.74. The molecule has 0 aliphatic heterocycles. The monoisotopic (exact) mass is 350 g/mol. The molecule has 0 aromatic heterocycles. The van der Waals surface area contributed by atoms with Crippen molar-refractivity contribution in [3.8, 4) is 24.7 Å². The Kier molecular flexibility index (Phi) is 4.51. The summed E-state index contributed by atoms with van der Waals surface area (Å²) in [6, 6.07) is 0. The summed E-state index contributed by atoms with van der Waals surface area (Å²) in [5.41, 5.74) is 0. The van der Waals surface area contributed by atoms with Crippen LogP contribution in [0.3, 0.4) is 0 Å². The first kappa shape index (κ1) is 20.3. The van der Waals surface area contributed by atoms with E-state index in [4.69, 9.17) is 0 Å². The van der Waals surface area contributed by atoms with Gasteiger partial charge in [0.15, 0.2) is 0 Å². The highest BCUT2D eigenvalue weighted by Crippen LogP contribution is 2.59. The molecule has 12 heteroatoms. The fourth-order valence-corrected chi connectivity index (χ4v) is 0.970. The first-order valence-corrected chi connectivity index (χ1v) is 4.60. The Bertz CT molecular complexity index is 467. The lowest BCUT2D eigenvalue weighted by Crippen LogP contribution is -2.70. The van der Waals surface area contributed by atoms with E-state index >= 15 is 0 Å². The third kappa shape index (κ3) is 2.25. The molecule has 0 aliphatic carbocycles. The van der Waals surface area contributed by atoms with Crippen molar-refractivity contribution in [1.82, 2.24) is 0 Å². The molecule has 0 aliphatic rings. The maximum atomic E-state index is 12.9. The number of rotatable bonds is 5. The van der Waals surface area contributed by atoms with Crippen molar-refractivity contribution in [2.45, 2.75) is 35.5 Å². The average molecular weight is 350 g/mol. The maximum absolute atomic E-state index is 12.9. The highest BCUT2D eigenvalue weighted by atomic mass is 19.4.